The number of hydrogen-bond acceptors (Lipinski definition) is 1. The van der Waals surface area contributed by atoms with E-state index in [9.17, 15) is 9.18 Å². The van der Waals surface area contributed by atoms with E-state index in [1.54, 1.807) is 6.07 Å². The molecule has 1 aliphatic rings. The predicted molar refractivity (Wildman–Crippen MR) is 77.9 cm³/mol. The predicted octanol–water partition coefficient (Wildman–Crippen LogP) is 4.98. The van der Waals surface area contributed by atoms with Gasteiger partial charge in [0, 0.05) is 10.6 Å². The summed E-state index contributed by atoms with van der Waals surface area (Å²) in [6, 6.07) is 11.7. The summed E-state index contributed by atoms with van der Waals surface area (Å²) in [5, 5.41) is 0.294. The smallest absolute Gasteiger partial charge is 0.195 e. The van der Waals surface area contributed by atoms with E-state index in [2.05, 4.69) is 0 Å². The molecule has 20 heavy (non-hydrogen) atoms. The molecule has 0 radical (unpaired) electrons. The molecule has 1 nitrogen and oxygen atoms in total. The summed E-state index contributed by atoms with van der Waals surface area (Å²) in [4.78, 5) is 12.4. The molecule has 0 unspecified atom stereocenters. The van der Waals surface area contributed by atoms with Gasteiger partial charge in [-0.1, -0.05) is 36.2 Å². The fraction of sp³-hybridized carbons (Fsp3) is 0.235. The summed E-state index contributed by atoms with van der Waals surface area (Å²) in [7, 11) is 0. The minimum atomic E-state index is -0.573. The molecule has 2 aromatic rings. The molecule has 1 aliphatic carbocycles. The molecule has 0 heterocycles. The van der Waals surface area contributed by atoms with Gasteiger partial charge in [-0.3, -0.25) is 4.79 Å². The first kappa shape index (κ1) is 13.3. The van der Waals surface area contributed by atoms with Crippen molar-refractivity contribution in [2.75, 3.05) is 0 Å². The van der Waals surface area contributed by atoms with E-state index in [0.29, 0.717) is 16.5 Å². The van der Waals surface area contributed by atoms with E-state index in [4.69, 9.17) is 11.6 Å². The molecule has 0 aromatic heterocycles. The molecule has 1 saturated carbocycles. The van der Waals surface area contributed by atoms with Crippen molar-refractivity contribution in [1.82, 2.24) is 0 Å². The highest BCUT2D eigenvalue weighted by molar-refractivity contribution is 6.30. The van der Waals surface area contributed by atoms with Crippen LogP contribution in [0.5, 0.6) is 0 Å². The van der Waals surface area contributed by atoms with Crippen molar-refractivity contribution in [3.05, 3.63) is 70.0 Å². The third-order valence-corrected chi connectivity index (χ3v) is 4.14. The van der Waals surface area contributed by atoms with E-state index >= 15 is 0 Å². The second kappa shape index (κ2) is 5.37. The third-order valence-electron chi connectivity index (χ3n) is 3.90. The standard InChI is InChI=1S/C17H14ClFO/c18-14-7-8-15(16(19)10-14)17(20)13-6-2-5-12(9-13)11-3-1-4-11/h2,5-11H,1,3-4H2. The van der Waals surface area contributed by atoms with E-state index in [0.717, 1.165) is 0 Å². The maximum Gasteiger partial charge on any atom is 0.195 e. The number of rotatable bonds is 3. The normalized spacial score (nSPS) is 14.9. The average Bonchev–Trinajstić information content (AvgIpc) is 2.36. The lowest BCUT2D eigenvalue weighted by molar-refractivity contribution is 0.103. The topological polar surface area (TPSA) is 17.1 Å². The van der Waals surface area contributed by atoms with Crippen LogP contribution in [-0.4, -0.2) is 5.78 Å². The molecular weight excluding hydrogens is 275 g/mol. The lowest BCUT2D eigenvalue weighted by Crippen LogP contribution is -2.10. The Bertz CT molecular complexity index is 662. The summed E-state index contributed by atoms with van der Waals surface area (Å²) in [6.45, 7) is 0. The maximum absolute atomic E-state index is 13.8. The van der Waals surface area contributed by atoms with Crippen LogP contribution in [0.1, 0.15) is 46.7 Å². The van der Waals surface area contributed by atoms with Crippen LogP contribution in [0.15, 0.2) is 42.5 Å². The van der Waals surface area contributed by atoms with Gasteiger partial charge in [-0.05, 0) is 48.6 Å². The zero-order chi connectivity index (χ0) is 14.1. The van der Waals surface area contributed by atoms with Gasteiger partial charge < -0.3 is 0 Å². The molecule has 0 bridgehead atoms. The summed E-state index contributed by atoms with van der Waals surface area (Å²) >= 11 is 5.71. The van der Waals surface area contributed by atoms with Gasteiger partial charge in [-0.15, -0.1) is 0 Å². The summed E-state index contributed by atoms with van der Waals surface area (Å²) < 4.78 is 13.8. The number of benzene rings is 2. The molecule has 0 amide bonds. The Labute approximate surface area is 122 Å². The number of carbonyl (C=O) groups is 1. The van der Waals surface area contributed by atoms with Crippen molar-refractivity contribution in [2.24, 2.45) is 0 Å². The second-order valence-electron chi connectivity index (χ2n) is 5.21. The molecule has 3 heteroatoms. The maximum atomic E-state index is 13.8. The Morgan fingerprint density at radius 3 is 2.60 bits per heavy atom. The van der Waals surface area contributed by atoms with Gasteiger partial charge in [0.15, 0.2) is 5.78 Å². The highest BCUT2D eigenvalue weighted by Crippen LogP contribution is 2.36. The first-order valence-electron chi connectivity index (χ1n) is 6.75. The van der Waals surface area contributed by atoms with Crippen molar-refractivity contribution in [2.45, 2.75) is 25.2 Å². The molecule has 0 spiro atoms. The van der Waals surface area contributed by atoms with E-state index in [1.165, 1.54) is 43.0 Å². The van der Waals surface area contributed by atoms with Gasteiger partial charge in [0.25, 0.3) is 0 Å². The fourth-order valence-electron chi connectivity index (χ4n) is 2.50. The van der Waals surface area contributed by atoms with Crippen LogP contribution in [0, 0.1) is 5.82 Å². The van der Waals surface area contributed by atoms with E-state index < -0.39 is 5.82 Å². The SMILES string of the molecule is O=C(c1cccc(C2CCC2)c1)c1ccc(Cl)cc1F. The molecule has 0 atom stereocenters. The van der Waals surface area contributed by atoms with Gasteiger partial charge in [0.2, 0.25) is 0 Å². The monoisotopic (exact) mass is 288 g/mol. The second-order valence-corrected chi connectivity index (χ2v) is 5.64. The minimum absolute atomic E-state index is 0.0696. The zero-order valence-electron chi connectivity index (χ0n) is 10.9. The van der Waals surface area contributed by atoms with Crippen molar-refractivity contribution in [1.29, 1.82) is 0 Å². The zero-order valence-corrected chi connectivity index (χ0v) is 11.7. The van der Waals surface area contributed by atoms with Gasteiger partial charge in [-0.2, -0.15) is 0 Å². The molecular formula is C17H14ClFO. The Morgan fingerprint density at radius 2 is 1.95 bits per heavy atom. The van der Waals surface area contributed by atoms with Crippen molar-refractivity contribution in [3.8, 4) is 0 Å². The highest BCUT2D eigenvalue weighted by atomic mass is 35.5. The van der Waals surface area contributed by atoms with Crippen LogP contribution < -0.4 is 0 Å². The van der Waals surface area contributed by atoms with Gasteiger partial charge >= 0.3 is 0 Å². The molecule has 2 aromatic carbocycles. The summed E-state index contributed by atoms with van der Waals surface area (Å²) in [6.07, 6.45) is 3.59. The summed E-state index contributed by atoms with van der Waals surface area (Å²) in [5.74, 6) is -0.310. The first-order valence-corrected chi connectivity index (χ1v) is 7.12. The van der Waals surface area contributed by atoms with Gasteiger partial charge in [0.1, 0.15) is 5.82 Å². The number of hydrogen-bond donors (Lipinski definition) is 0. The average molecular weight is 289 g/mol. The Morgan fingerprint density at radius 1 is 1.15 bits per heavy atom. The highest BCUT2D eigenvalue weighted by Gasteiger charge is 2.21. The van der Waals surface area contributed by atoms with E-state index in [1.807, 2.05) is 18.2 Å². The van der Waals surface area contributed by atoms with E-state index in [-0.39, 0.29) is 11.3 Å². The Balaban J connectivity index is 1.93. The summed E-state index contributed by atoms with van der Waals surface area (Å²) in [5.41, 5.74) is 1.78. The minimum Gasteiger partial charge on any atom is -0.288 e. The van der Waals surface area contributed by atoms with Crippen molar-refractivity contribution in [3.63, 3.8) is 0 Å². The Hall–Kier alpha value is -1.67. The molecule has 102 valence electrons. The van der Waals surface area contributed by atoms with Crippen LogP contribution in [0.25, 0.3) is 0 Å². The molecule has 0 aliphatic heterocycles. The van der Waals surface area contributed by atoms with Crippen molar-refractivity contribution >= 4 is 17.4 Å². The Kier molecular flexibility index (Phi) is 3.58. The van der Waals surface area contributed by atoms with Crippen LogP contribution in [0.4, 0.5) is 4.39 Å². The molecule has 1 fully saturated rings. The molecule has 3 rings (SSSR count). The number of halogens is 2. The van der Waals surface area contributed by atoms with Crippen LogP contribution in [-0.2, 0) is 0 Å². The largest absolute Gasteiger partial charge is 0.288 e. The van der Waals surface area contributed by atoms with Gasteiger partial charge in [-0.25, -0.2) is 4.39 Å². The lowest BCUT2D eigenvalue weighted by Gasteiger charge is -2.26. The number of ketones is 1. The van der Waals surface area contributed by atoms with Crippen LogP contribution >= 0.6 is 11.6 Å². The molecule has 0 N–H and O–H groups in total. The lowest BCUT2D eigenvalue weighted by atomic mass is 9.79. The van der Waals surface area contributed by atoms with Crippen molar-refractivity contribution < 1.29 is 9.18 Å². The van der Waals surface area contributed by atoms with Crippen LogP contribution in [0.2, 0.25) is 5.02 Å². The quantitative estimate of drug-likeness (QED) is 0.728. The fourth-order valence-corrected chi connectivity index (χ4v) is 2.66. The van der Waals surface area contributed by atoms with Gasteiger partial charge in [0.05, 0.1) is 5.56 Å². The third kappa shape index (κ3) is 2.48. The van der Waals surface area contributed by atoms with Crippen LogP contribution in [0.3, 0.4) is 0 Å². The number of carbonyl (C=O) groups excluding carboxylic acids is 1. The first-order chi connectivity index (χ1) is 9.65. The molecule has 0 saturated heterocycles.